The van der Waals surface area contributed by atoms with Crippen molar-refractivity contribution in [3.8, 4) is 0 Å². The summed E-state index contributed by atoms with van der Waals surface area (Å²) in [5.74, 6) is -0.0928. The molecule has 1 fully saturated rings. The molecular weight excluding hydrogens is 212 g/mol. The third-order valence-electron chi connectivity index (χ3n) is 3.31. The Balaban J connectivity index is 2.20. The summed E-state index contributed by atoms with van der Waals surface area (Å²) < 4.78 is 5.43. The van der Waals surface area contributed by atoms with Crippen LogP contribution in [0, 0.1) is 5.92 Å². The Kier molecular flexibility index (Phi) is 3.62. The number of carbonyl (C=O) groups excluding carboxylic acids is 1. The van der Waals surface area contributed by atoms with Gasteiger partial charge in [-0.15, -0.1) is 0 Å². The summed E-state index contributed by atoms with van der Waals surface area (Å²) in [7, 11) is 0. The van der Waals surface area contributed by atoms with Gasteiger partial charge in [0.25, 0.3) is 0 Å². The van der Waals surface area contributed by atoms with Gasteiger partial charge in [-0.2, -0.15) is 0 Å². The molecule has 17 heavy (non-hydrogen) atoms. The fourth-order valence-electron chi connectivity index (χ4n) is 2.30. The number of benzene rings is 1. The lowest BCUT2D eigenvalue weighted by atomic mass is 9.88. The summed E-state index contributed by atoms with van der Waals surface area (Å²) in [6.45, 7) is 6.02. The van der Waals surface area contributed by atoms with Gasteiger partial charge < -0.3 is 4.74 Å². The van der Waals surface area contributed by atoms with Gasteiger partial charge in [0.1, 0.15) is 6.10 Å². The topological polar surface area (TPSA) is 26.3 Å². The first kappa shape index (κ1) is 11.9. The zero-order chi connectivity index (χ0) is 12.3. The van der Waals surface area contributed by atoms with Gasteiger partial charge in [0, 0.05) is 11.5 Å². The van der Waals surface area contributed by atoms with Crippen molar-refractivity contribution in [1.82, 2.24) is 0 Å². The summed E-state index contributed by atoms with van der Waals surface area (Å²) in [6, 6.07) is 9.93. The van der Waals surface area contributed by atoms with Crippen LogP contribution in [0.1, 0.15) is 37.9 Å². The molecule has 0 saturated carbocycles. The lowest BCUT2D eigenvalue weighted by molar-refractivity contribution is -0.139. The quantitative estimate of drug-likeness (QED) is 0.583. The predicted octanol–water partition coefficient (Wildman–Crippen LogP) is 3.65. The monoisotopic (exact) mass is 230 g/mol. The number of ether oxygens (including phenoxy) is 1. The van der Waals surface area contributed by atoms with E-state index in [1.165, 1.54) is 0 Å². The van der Waals surface area contributed by atoms with Gasteiger partial charge in [-0.25, -0.2) is 4.79 Å². The minimum atomic E-state index is -0.236. The number of unbranched alkanes of at least 4 members (excludes halogenated alkanes) is 1. The van der Waals surface area contributed by atoms with E-state index in [4.69, 9.17) is 4.74 Å². The first-order valence-corrected chi connectivity index (χ1v) is 6.18. The van der Waals surface area contributed by atoms with Crippen LogP contribution in [0.25, 0.3) is 0 Å². The zero-order valence-electron chi connectivity index (χ0n) is 10.2. The Bertz CT molecular complexity index is 408. The van der Waals surface area contributed by atoms with Crippen molar-refractivity contribution in [1.29, 1.82) is 0 Å². The van der Waals surface area contributed by atoms with Gasteiger partial charge in [-0.05, 0) is 12.0 Å². The Morgan fingerprint density at radius 1 is 1.29 bits per heavy atom. The van der Waals surface area contributed by atoms with Crippen LogP contribution in [0.5, 0.6) is 0 Å². The maximum Gasteiger partial charge on any atom is 0.334 e. The van der Waals surface area contributed by atoms with Crippen molar-refractivity contribution in [3.63, 3.8) is 0 Å². The molecule has 0 radical (unpaired) electrons. The maximum atomic E-state index is 11.6. The Hall–Kier alpha value is -1.57. The van der Waals surface area contributed by atoms with E-state index in [9.17, 15) is 4.79 Å². The van der Waals surface area contributed by atoms with Crippen LogP contribution in [0.2, 0.25) is 0 Å². The normalized spacial score (nSPS) is 23.8. The molecule has 0 unspecified atom stereocenters. The average molecular weight is 230 g/mol. The van der Waals surface area contributed by atoms with Crippen LogP contribution in [0.3, 0.4) is 0 Å². The van der Waals surface area contributed by atoms with Crippen molar-refractivity contribution in [2.75, 3.05) is 0 Å². The van der Waals surface area contributed by atoms with Gasteiger partial charge in [-0.3, -0.25) is 0 Å². The molecule has 0 bridgehead atoms. The predicted molar refractivity (Wildman–Crippen MR) is 67.4 cm³/mol. The maximum absolute atomic E-state index is 11.6. The zero-order valence-corrected chi connectivity index (χ0v) is 10.2. The average Bonchev–Trinajstić information content (AvgIpc) is 2.65. The van der Waals surface area contributed by atoms with Crippen molar-refractivity contribution >= 4 is 5.97 Å². The highest BCUT2D eigenvalue weighted by molar-refractivity contribution is 5.90. The second-order valence-corrected chi connectivity index (χ2v) is 4.51. The van der Waals surface area contributed by atoms with Crippen molar-refractivity contribution in [2.45, 2.75) is 32.3 Å². The fourth-order valence-corrected chi connectivity index (χ4v) is 2.30. The van der Waals surface area contributed by atoms with E-state index in [1.807, 2.05) is 30.3 Å². The standard InChI is InChI=1S/C15H18O2/c1-3-4-10-13-11(2)15(16)17-14(13)12-8-6-5-7-9-12/h5-9,13-14H,2-4,10H2,1H3/t13-,14+/m0/s1. The van der Waals surface area contributed by atoms with E-state index in [0.717, 1.165) is 24.8 Å². The van der Waals surface area contributed by atoms with E-state index in [1.54, 1.807) is 0 Å². The molecule has 1 aromatic carbocycles. The summed E-state index contributed by atoms with van der Waals surface area (Å²) in [4.78, 5) is 11.6. The molecule has 1 heterocycles. The molecule has 0 amide bonds. The largest absolute Gasteiger partial charge is 0.453 e. The Morgan fingerprint density at radius 2 is 2.00 bits per heavy atom. The molecule has 2 atom stereocenters. The molecule has 0 N–H and O–H groups in total. The van der Waals surface area contributed by atoms with Crippen LogP contribution >= 0.6 is 0 Å². The lowest BCUT2D eigenvalue weighted by Crippen LogP contribution is -2.08. The fraction of sp³-hybridized carbons (Fsp3) is 0.400. The summed E-state index contributed by atoms with van der Waals surface area (Å²) in [5, 5.41) is 0. The van der Waals surface area contributed by atoms with Crippen LogP contribution in [-0.4, -0.2) is 5.97 Å². The molecule has 90 valence electrons. The van der Waals surface area contributed by atoms with E-state index in [0.29, 0.717) is 5.57 Å². The molecule has 0 aromatic heterocycles. The van der Waals surface area contributed by atoms with Crippen LogP contribution in [0.4, 0.5) is 0 Å². The van der Waals surface area contributed by atoms with E-state index in [2.05, 4.69) is 13.5 Å². The SMILES string of the molecule is C=C1C(=O)O[C@H](c2ccccc2)[C@H]1CCCC. The summed E-state index contributed by atoms with van der Waals surface area (Å²) in [6.07, 6.45) is 3.06. The first-order valence-electron chi connectivity index (χ1n) is 6.18. The molecule has 0 aliphatic carbocycles. The van der Waals surface area contributed by atoms with Crippen LogP contribution in [0.15, 0.2) is 42.5 Å². The molecule has 1 aliphatic heterocycles. The smallest absolute Gasteiger partial charge is 0.334 e. The Morgan fingerprint density at radius 3 is 2.65 bits per heavy atom. The number of hydrogen-bond acceptors (Lipinski definition) is 2. The van der Waals surface area contributed by atoms with E-state index in [-0.39, 0.29) is 18.0 Å². The molecule has 2 nitrogen and oxygen atoms in total. The van der Waals surface area contributed by atoms with Crippen molar-refractivity contribution < 1.29 is 9.53 Å². The molecule has 0 spiro atoms. The Labute approximate surface area is 102 Å². The van der Waals surface area contributed by atoms with E-state index >= 15 is 0 Å². The van der Waals surface area contributed by atoms with Gasteiger partial charge in [0.05, 0.1) is 0 Å². The molecule has 1 saturated heterocycles. The molecular formula is C15H18O2. The third-order valence-corrected chi connectivity index (χ3v) is 3.31. The number of esters is 1. The van der Waals surface area contributed by atoms with Gasteiger partial charge in [-0.1, -0.05) is 56.7 Å². The van der Waals surface area contributed by atoms with Crippen molar-refractivity contribution in [2.24, 2.45) is 5.92 Å². The minimum absolute atomic E-state index is 0.136. The lowest BCUT2D eigenvalue weighted by Gasteiger charge is -2.17. The highest BCUT2D eigenvalue weighted by Crippen LogP contribution is 2.40. The summed E-state index contributed by atoms with van der Waals surface area (Å²) >= 11 is 0. The van der Waals surface area contributed by atoms with Gasteiger partial charge in [0.2, 0.25) is 0 Å². The van der Waals surface area contributed by atoms with Gasteiger partial charge in [0.15, 0.2) is 0 Å². The first-order chi connectivity index (χ1) is 8.24. The minimum Gasteiger partial charge on any atom is -0.453 e. The summed E-state index contributed by atoms with van der Waals surface area (Å²) in [5.41, 5.74) is 1.70. The van der Waals surface area contributed by atoms with Crippen LogP contribution in [-0.2, 0) is 9.53 Å². The number of hydrogen-bond donors (Lipinski definition) is 0. The number of carbonyl (C=O) groups is 1. The van der Waals surface area contributed by atoms with Gasteiger partial charge >= 0.3 is 5.97 Å². The third kappa shape index (κ3) is 2.41. The molecule has 1 aromatic rings. The number of rotatable bonds is 4. The molecule has 1 aliphatic rings. The highest BCUT2D eigenvalue weighted by atomic mass is 16.6. The second kappa shape index (κ2) is 5.17. The van der Waals surface area contributed by atoms with E-state index < -0.39 is 0 Å². The second-order valence-electron chi connectivity index (χ2n) is 4.51. The van der Waals surface area contributed by atoms with Crippen LogP contribution < -0.4 is 0 Å². The molecule has 2 rings (SSSR count). The number of cyclic esters (lactones) is 1. The highest BCUT2D eigenvalue weighted by Gasteiger charge is 2.38. The molecule has 2 heteroatoms. The van der Waals surface area contributed by atoms with Crippen molar-refractivity contribution in [3.05, 3.63) is 48.0 Å².